The second-order valence-corrected chi connectivity index (χ2v) is 7.11. The van der Waals surface area contributed by atoms with Crippen molar-refractivity contribution in [2.75, 3.05) is 13.2 Å². The van der Waals surface area contributed by atoms with E-state index in [2.05, 4.69) is 10.6 Å². The van der Waals surface area contributed by atoms with Gasteiger partial charge in [0.05, 0.1) is 6.04 Å². The maximum atomic E-state index is 12.9. The SMILES string of the molecule is C[C@@H](NC(=O)COC(=O)CN1C(=O)NC2(CCCC2)C1=O)c1ccc(F)cc1. The Morgan fingerprint density at radius 2 is 1.89 bits per heavy atom. The number of benzene rings is 1. The minimum atomic E-state index is -0.890. The summed E-state index contributed by atoms with van der Waals surface area (Å²) in [5, 5.41) is 5.29. The van der Waals surface area contributed by atoms with Gasteiger partial charge in [0, 0.05) is 0 Å². The van der Waals surface area contributed by atoms with Gasteiger partial charge in [0.25, 0.3) is 11.8 Å². The second-order valence-electron chi connectivity index (χ2n) is 7.11. The molecule has 1 saturated heterocycles. The van der Waals surface area contributed by atoms with Crippen LogP contribution in [0.3, 0.4) is 0 Å². The van der Waals surface area contributed by atoms with Gasteiger partial charge in [0.1, 0.15) is 17.9 Å². The lowest BCUT2D eigenvalue weighted by Gasteiger charge is -2.19. The Kier molecular flexibility index (Phi) is 5.62. The minimum Gasteiger partial charge on any atom is -0.454 e. The smallest absolute Gasteiger partial charge is 0.326 e. The number of nitrogens with one attached hydrogen (secondary N) is 2. The van der Waals surface area contributed by atoms with E-state index >= 15 is 0 Å². The molecule has 2 fully saturated rings. The normalized spacial score (nSPS) is 18.9. The molecule has 1 saturated carbocycles. The molecular formula is C19H22FN3O5. The summed E-state index contributed by atoms with van der Waals surface area (Å²) in [6.07, 6.45) is 2.81. The Labute approximate surface area is 161 Å². The predicted octanol–water partition coefficient (Wildman–Crippen LogP) is 1.41. The number of carbonyl (C=O) groups excluding carboxylic acids is 4. The summed E-state index contributed by atoms with van der Waals surface area (Å²) in [5.41, 5.74) is -0.193. The lowest BCUT2D eigenvalue weighted by molar-refractivity contribution is -0.151. The predicted molar refractivity (Wildman–Crippen MR) is 95.4 cm³/mol. The summed E-state index contributed by atoms with van der Waals surface area (Å²) in [6.45, 7) is 0.633. The van der Waals surface area contributed by atoms with E-state index in [0.29, 0.717) is 18.4 Å². The molecule has 150 valence electrons. The van der Waals surface area contributed by atoms with E-state index < -0.39 is 48.5 Å². The number of hydrogen-bond acceptors (Lipinski definition) is 5. The number of amides is 4. The second kappa shape index (κ2) is 7.95. The van der Waals surface area contributed by atoms with Crippen LogP contribution in [0.25, 0.3) is 0 Å². The van der Waals surface area contributed by atoms with E-state index in [1.165, 1.54) is 12.1 Å². The number of imide groups is 1. The van der Waals surface area contributed by atoms with Crippen LogP contribution in [-0.2, 0) is 19.1 Å². The van der Waals surface area contributed by atoms with Crippen molar-refractivity contribution in [3.63, 3.8) is 0 Å². The van der Waals surface area contributed by atoms with Crippen LogP contribution in [0.2, 0.25) is 0 Å². The standard InChI is InChI=1S/C19H22FN3O5/c1-12(13-4-6-14(20)7-5-13)21-15(24)11-28-16(25)10-23-17(26)19(22-18(23)27)8-2-3-9-19/h4-7,12H,2-3,8-11H2,1H3,(H,21,24)(H,22,27)/t12-/m1/s1. The number of urea groups is 1. The van der Waals surface area contributed by atoms with Crippen molar-refractivity contribution < 1.29 is 28.3 Å². The molecule has 1 aromatic carbocycles. The number of carbonyl (C=O) groups is 4. The highest BCUT2D eigenvalue weighted by molar-refractivity contribution is 6.08. The van der Waals surface area contributed by atoms with Crippen LogP contribution in [0.5, 0.6) is 0 Å². The maximum absolute atomic E-state index is 12.9. The van der Waals surface area contributed by atoms with Gasteiger partial charge < -0.3 is 15.4 Å². The van der Waals surface area contributed by atoms with Crippen LogP contribution in [0.1, 0.15) is 44.2 Å². The molecule has 1 spiro atoms. The quantitative estimate of drug-likeness (QED) is 0.564. The van der Waals surface area contributed by atoms with Crippen LogP contribution in [0, 0.1) is 5.82 Å². The summed E-state index contributed by atoms with van der Waals surface area (Å²) in [7, 11) is 0. The molecule has 8 nitrogen and oxygen atoms in total. The number of hydrogen-bond donors (Lipinski definition) is 2. The van der Waals surface area contributed by atoms with Gasteiger partial charge in [-0.3, -0.25) is 19.3 Å². The first kappa shape index (κ1) is 19.8. The van der Waals surface area contributed by atoms with Gasteiger partial charge >= 0.3 is 12.0 Å². The van der Waals surface area contributed by atoms with E-state index in [1.807, 2.05) is 0 Å². The Morgan fingerprint density at radius 1 is 1.25 bits per heavy atom. The molecule has 2 aliphatic rings. The lowest BCUT2D eigenvalue weighted by atomic mass is 9.98. The van der Waals surface area contributed by atoms with E-state index in [-0.39, 0.29) is 5.82 Å². The average molecular weight is 391 g/mol. The third kappa shape index (κ3) is 4.13. The monoisotopic (exact) mass is 391 g/mol. The first-order chi connectivity index (χ1) is 13.3. The zero-order valence-electron chi connectivity index (χ0n) is 15.5. The van der Waals surface area contributed by atoms with Gasteiger partial charge in [0.15, 0.2) is 6.61 Å². The number of ether oxygens (including phenoxy) is 1. The van der Waals surface area contributed by atoms with E-state index in [0.717, 1.165) is 17.7 Å². The van der Waals surface area contributed by atoms with Crippen LogP contribution in [0.15, 0.2) is 24.3 Å². The van der Waals surface area contributed by atoms with Crippen LogP contribution in [-0.4, -0.2) is 47.4 Å². The fourth-order valence-corrected chi connectivity index (χ4v) is 3.58. The van der Waals surface area contributed by atoms with Crippen molar-refractivity contribution in [2.45, 2.75) is 44.2 Å². The number of nitrogens with zero attached hydrogens (tertiary/aromatic N) is 1. The van der Waals surface area contributed by atoms with Gasteiger partial charge in [-0.1, -0.05) is 25.0 Å². The van der Waals surface area contributed by atoms with Crippen molar-refractivity contribution in [2.24, 2.45) is 0 Å². The highest BCUT2D eigenvalue weighted by atomic mass is 19.1. The van der Waals surface area contributed by atoms with E-state index in [4.69, 9.17) is 4.74 Å². The molecule has 3 rings (SSSR count). The molecule has 2 N–H and O–H groups in total. The van der Waals surface area contributed by atoms with Crippen molar-refractivity contribution >= 4 is 23.8 Å². The highest BCUT2D eigenvalue weighted by Gasteiger charge is 2.52. The first-order valence-corrected chi connectivity index (χ1v) is 9.15. The van der Waals surface area contributed by atoms with E-state index in [9.17, 15) is 23.6 Å². The van der Waals surface area contributed by atoms with Gasteiger partial charge in [-0.15, -0.1) is 0 Å². The summed E-state index contributed by atoms with van der Waals surface area (Å²) in [6, 6.07) is 4.64. The van der Waals surface area contributed by atoms with Gasteiger partial charge in [-0.2, -0.15) is 0 Å². The third-order valence-corrected chi connectivity index (χ3v) is 5.10. The largest absolute Gasteiger partial charge is 0.454 e. The molecule has 28 heavy (non-hydrogen) atoms. The van der Waals surface area contributed by atoms with Crippen molar-refractivity contribution in [1.82, 2.24) is 15.5 Å². The van der Waals surface area contributed by atoms with Crippen molar-refractivity contribution in [3.05, 3.63) is 35.6 Å². The highest BCUT2D eigenvalue weighted by Crippen LogP contribution is 2.34. The summed E-state index contributed by atoms with van der Waals surface area (Å²) >= 11 is 0. The van der Waals surface area contributed by atoms with Crippen molar-refractivity contribution in [1.29, 1.82) is 0 Å². The molecule has 1 aromatic rings. The number of esters is 1. The Bertz CT molecular complexity index is 789. The topological polar surface area (TPSA) is 105 Å². The summed E-state index contributed by atoms with van der Waals surface area (Å²) in [4.78, 5) is 49.3. The molecule has 9 heteroatoms. The molecule has 0 aromatic heterocycles. The van der Waals surface area contributed by atoms with Crippen LogP contribution in [0.4, 0.5) is 9.18 Å². The summed E-state index contributed by atoms with van der Waals surface area (Å²) < 4.78 is 17.8. The van der Waals surface area contributed by atoms with E-state index in [1.54, 1.807) is 19.1 Å². The van der Waals surface area contributed by atoms with Crippen molar-refractivity contribution in [3.8, 4) is 0 Å². The summed E-state index contributed by atoms with van der Waals surface area (Å²) in [5.74, 6) is -2.19. The zero-order valence-corrected chi connectivity index (χ0v) is 15.5. The van der Waals surface area contributed by atoms with Gasteiger partial charge in [-0.25, -0.2) is 9.18 Å². The molecule has 0 radical (unpaired) electrons. The molecule has 1 heterocycles. The Hall–Kier alpha value is -2.97. The fraction of sp³-hybridized carbons (Fsp3) is 0.474. The van der Waals surface area contributed by atoms with Gasteiger partial charge in [0.2, 0.25) is 0 Å². The molecule has 1 aliphatic heterocycles. The van der Waals surface area contributed by atoms with Gasteiger partial charge in [-0.05, 0) is 37.5 Å². The fourth-order valence-electron chi connectivity index (χ4n) is 3.58. The molecule has 4 amide bonds. The Balaban J connectivity index is 1.46. The molecule has 0 unspecified atom stereocenters. The minimum absolute atomic E-state index is 0.379. The number of rotatable bonds is 6. The van der Waals surface area contributed by atoms with Crippen LogP contribution >= 0.6 is 0 Å². The molecule has 0 bridgehead atoms. The molecule has 1 aliphatic carbocycles. The lowest BCUT2D eigenvalue weighted by Crippen LogP contribution is -2.44. The zero-order chi connectivity index (χ0) is 20.3. The molecular weight excluding hydrogens is 369 g/mol. The third-order valence-electron chi connectivity index (χ3n) is 5.10. The first-order valence-electron chi connectivity index (χ1n) is 9.15. The Morgan fingerprint density at radius 3 is 2.54 bits per heavy atom. The average Bonchev–Trinajstić information content (AvgIpc) is 3.21. The van der Waals surface area contributed by atoms with Crippen LogP contribution < -0.4 is 10.6 Å². The number of halogens is 1. The molecule has 1 atom stereocenters. The maximum Gasteiger partial charge on any atom is 0.326 e.